The molecule has 0 aromatic heterocycles. The van der Waals surface area contributed by atoms with Gasteiger partial charge in [0.25, 0.3) is 0 Å². The molecule has 0 spiro atoms. The van der Waals surface area contributed by atoms with Gasteiger partial charge in [0.2, 0.25) is 0 Å². The quantitative estimate of drug-likeness (QED) is 0.0709. The van der Waals surface area contributed by atoms with Gasteiger partial charge in [0.15, 0.2) is 0 Å². The molecule has 9 rings (SSSR count). The highest BCUT2D eigenvalue weighted by Gasteiger charge is 2.16. The highest BCUT2D eigenvalue weighted by molar-refractivity contribution is 5.82. The number of anilines is 9. The average Bonchev–Trinajstić information content (AvgIpc) is 3.44. The largest absolute Gasteiger partial charge is 0.497 e. The van der Waals surface area contributed by atoms with Crippen molar-refractivity contribution in [1.82, 2.24) is 0 Å². The molecular formula is C69H67N3O. The molecule has 4 heteroatoms. The van der Waals surface area contributed by atoms with Gasteiger partial charge in [0.05, 0.1) is 7.11 Å². The lowest BCUT2D eigenvalue weighted by molar-refractivity contribution is 0.415. The topological polar surface area (TPSA) is 19.0 Å². The standard InChI is InChI=1S/C69H67N3O/c1-6-8-10-54-20-36-62(37-21-54)70(60-32-12-52(3)13-33-60)64-40-24-56(25-41-64)16-18-58-28-44-66(45-29-58)72(68-48-50-69(73-5)51-49-68)67-46-30-59(31-47-67)19-17-57-26-42-65(43-27-57)71(61-34-14-53(4)15-35-61)63-38-22-55(23-39-63)11-9-7-2/h12-51H,6-11H2,1-5H3/b18-16+,19-17+. The molecule has 0 heterocycles. The van der Waals surface area contributed by atoms with Crippen molar-refractivity contribution in [3.63, 3.8) is 0 Å². The van der Waals surface area contributed by atoms with Gasteiger partial charge in [0.1, 0.15) is 5.75 Å². The normalized spacial score (nSPS) is 11.3. The van der Waals surface area contributed by atoms with E-state index in [-0.39, 0.29) is 0 Å². The molecule has 4 nitrogen and oxygen atoms in total. The van der Waals surface area contributed by atoms with E-state index >= 15 is 0 Å². The zero-order chi connectivity index (χ0) is 50.4. The number of unbranched alkanes of at least 4 members (excludes halogenated alkanes) is 2. The van der Waals surface area contributed by atoms with Crippen molar-refractivity contribution in [3.8, 4) is 5.75 Å². The zero-order valence-electron chi connectivity index (χ0n) is 43.1. The molecule has 0 N–H and O–H groups in total. The second-order valence-electron chi connectivity index (χ2n) is 18.9. The number of aryl methyl sites for hydroxylation is 4. The first-order valence-electron chi connectivity index (χ1n) is 26.0. The van der Waals surface area contributed by atoms with E-state index in [1.807, 2.05) is 12.1 Å². The second kappa shape index (κ2) is 24.2. The van der Waals surface area contributed by atoms with Gasteiger partial charge in [-0.15, -0.1) is 0 Å². The van der Waals surface area contributed by atoms with Crippen LogP contribution in [0, 0.1) is 13.8 Å². The highest BCUT2D eigenvalue weighted by Crippen LogP contribution is 2.39. The lowest BCUT2D eigenvalue weighted by atomic mass is 10.1. The first-order chi connectivity index (χ1) is 35.8. The van der Waals surface area contributed by atoms with E-state index < -0.39 is 0 Å². The Morgan fingerprint density at radius 1 is 0.301 bits per heavy atom. The summed E-state index contributed by atoms with van der Waals surface area (Å²) in [5, 5.41) is 0. The Morgan fingerprint density at radius 2 is 0.521 bits per heavy atom. The molecule has 0 aliphatic rings. The summed E-state index contributed by atoms with van der Waals surface area (Å²) in [6.45, 7) is 8.76. The van der Waals surface area contributed by atoms with Gasteiger partial charge >= 0.3 is 0 Å². The molecule has 0 amide bonds. The SMILES string of the molecule is CCCCc1ccc(N(c2ccc(C)cc2)c2ccc(/C=C/c3ccc(N(c4ccc(/C=C/c5ccc(N(c6ccc(C)cc6)c6ccc(CCCC)cc6)cc5)cc4)c4ccc(OC)cc4)cc3)cc2)cc1. The van der Waals surface area contributed by atoms with Gasteiger partial charge in [-0.1, -0.05) is 159 Å². The van der Waals surface area contributed by atoms with E-state index in [9.17, 15) is 0 Å². The summed E-state index contributed by atoms with van der Waals surface area (Å²) < 4.78 is 5.53. The van der Waals surface area contributed by atoms with E-state index in [1.165, 1.54) is 47.9 Å². The first-order valence-corrected chi connectivity index (χ1v) is 26.0. The predicted molar refractivity (Wildman–Crippen MR) is 314 cm³/mol. The number of nitrogens with zero attached hydrogens (tertiary/aromatic N) is 3. The fourth-order valence-corrected chi connectivity index (χ4v) is 9.17. The Labute approximate surface area is 434 Å². The summed E-state index contributed by atoms with van der Waals surface area (Å²) >= 11 is 0. The summed E-state index contributed by atoms with van der Waals surface area (Å²) in [4.78, 5) is 6.96. The average molecular weight is 954 g/mol. The summed E-state index contributed by atoms with van der Waals surface area (Å²) in [6, 6.07) is 79.1. The van der Waals surface area contributed by atoms with Crippen LogP contribution in [0.3, 0.4) is 0 Å². The number of rotatable bonds is 20. The van der Waals surface area contributed by atoms with E-state index in [2.05, 4.69) is 273 Å². The van der Waals surface area contributed by atoms with Crippen LogP contribution in [0.1, 0.15) is 84.0 Å². The lowest BCUT2D eigenvalue weighted by Crippen LogP contribution is -2.10. The fourth-order valence-electron chi connectivity index (χ4n) is 9.17. The van der Waals surface area contributed by atoms with Crippen LogP contribution in [0.4, 0.5) is 51.2 Å². The van der Waals surface area contributed by atoms with Gasteiger partial charge in [-0.2, -0.15) is 0 Å². The van der Waals surface area contributed by atoms with Crippen molar-refractivity contribution in [2.24, 2.45) is 0 Å². The third-order valence-corrected chi connectivity index (χ3v) is 13.5. The van der Waals surface area contributed by atoms with E-state index in [1.54, 1.807) is 7.11 Å². The van der Waals surface area contributed by atoms with Crippen molar-refractivity contribution >= 4 is 75.5 Å². The van der Waals surface area contributed by atoms with Crippen LogP contribution in [0.2, 0.25) is 0 Å². The monoisotopic (exact) mass is 954 g/mol. The maximum absolute atomic E-state index is 5.53. The van der Waals surface area contributed by atoms with Gasteiger partial charge < -0.3 is 19.4 Å². The van der Waals surface area contributed by atoms with Crippen LogP contribution in [0.25, 0.3) is 24.3 Å². The van der Waals surface area contributed by atoms with Crippen molar-refractivity contribution in [2.45, 2.75) is 66.2 Å². The Bertz CT molecular complexity index is 2980. The Hall–Kier alpha value is -8.34. The minimum absolute atomic E-state index is 0.823. The molecule has 73 heavy (non-hydrogen) atoms. The molecule has 0 bridgehead atoms. The molecule has 0 aliphatic carbocycles. The molecular weight excluding hydrogens is 887 g/mol. The summed E-state index contributed by atoms with van der Waals surface area (Å²) in [5.74, 6) is 0.823. The molecule has 364 valence electrons. The van der Waals surface area contributed by atoms with E-state index in [4.69, 9.17) is 4.74 Å². The van der Waals surface area contributed by atoms with Crippen LogP contribution in [-0.4, -0.2) is 7.11 Å². The summed E-state index contributed by atoms with van der Waals surface area (Å²) in [7, 11) is 1.70. The summed E-state index contributed by atoms with van der Waals surface area (Å²) in [6.07, 6.45) is 15.8. The van der Waals surface area contributed by atoms with E-state index in [0.29, 0.717) is 0 Å². The van der Waals surface area contributed by atoms with Crippen LogP contribution >= 0.6 is 0 Å². The van der Waals surface area contributed by atoms with Gasteiger partial charge in [-0.25, -0.2) is 0 Å². The number of ether oxygens (including phenoxy) is 1. The van der Waals surface area contributed by atoms with Gasteiger partial charge in [-0.05, 0) is 194 Å². The molecule has 0 aliphatic heterocycles. The minimum atomic E-state index is 0.823. The van der Waals surface area contributed by atoms with Crippen LogP contribution < -0.4 is 19.4 Å². The van der Waals surface area contributed by atoms with Crippen molar-refractivity contribution in [2.75, 3.05) is 21.8 Å². The highest BCUT2D eigenvalue weighted by atomic mass is 16.5. The smallest absolute Gasteiger partial charge is 0.119 e. The second-order valence-corrected chi connectivity index (χ2v) is 18.9. The summed E-state index contributed by atoms with van der Waals surface area (Å²) in [5.41, 5.74) is 19.8. The van der Waals surface area contributed by atoms with Crippen molar-refractivity contribution in [3.05, 3.63) is 263 Å². The Morgan fingerprint density at radius 3 is 0.753 bits per heavy atom. The lowest BCUT2D eigenvalue weighted by Gasteiger charge is -2.26. The number of methoxy groups -OCH3 is 1. The molecule has 0 atom stereocenters. The fraction of sp³-hybridized carbons (Fsp3) is 0.159. The third kappa shape index (κ3) is 12.8. The maximum atomic E-state index is 5.53. The molecule has 9 aromatic carbocycles. The maximum Gasteiger partial charge on any atom is 0.119 e. The van der Waals surface area contributed by atoms with Crippen LogP contribution in [0.5, 0.6) is 5.75 Å². The Kier molecular flexibility index (Phi) is 16.4. The van der Waals surface area contributed by atoms with Crippen molar-refractivity contribution in [1.29, 1.82) is 0 Å². The number of hydrogen-bond acceptors (Lipinski definition) is 4. The van der Waals surface area contributed by atoms with Gasteiger partial charge in [0, 0.05) is 51.2 Å². The van der Waals surface area contributed by atoms with Crippen LogP contribution in [0.15, 0.2) is 218 Å². The van der Waals surface area contributed by atoms with Crippen molar-refractivity contribution < 1.29 is 4.74 Å². The predicted octanol–water partition coefficient (Wildman–Crippen LogP) is 19.7. The minimum Gasteiger partial charge on any atom is -0.497 e. The molecule has 0 fully saturated rings. The molecule has 0 radical (unpaired) electrons. The van der Waals surface area contributed by atoms with E-state index in [0.717, 1.165) is 92.0 Å². The molecule has 0 saturated carbocycles. The zero-order valence-corrected chi connectivity index (χ0v) is 43.1. The molecule has 0 saturated heterocycles. The first kappa shape index (κ1) is 49.6. The number of hydrogen-bond donors (Lipinski definition) is 0. The van der Waals surface area contributed by atoms with Crippen LogP contribution in [-0.2, 0) is 12.8 Å². The Balaban J connectivity index is 0.902. The number of benzene rings is 9. The third-order valence-electron chi connectivity index (χ3n) is 13.5. The molecule has 9 aromatic rings. The molecule has 0 unspecified atom stereocenters. The van der Waals surface area contributed by atoms with Gasteiger partial charge in [-0.3, -0.25) is 0 Å².